The fraction of sp³-hybridized carbons (Fsp3) is 0.909. The monoisotopic (exact) mass is 212 g/mol. The topological polar surface area (TPSA) is 44.8 Å². The van der Waals surface area contributed by atoms with Crippen molar-refractivity contribution in [3.05, 3.63) is 0 Å². The normalized spacial score (nSPS) is 42.1. The lowest BCUT2D eigenvalue weighted by Crippen LogP contribution is -2.58. The number of ketones is 1. The Morgan fingerprint density at radius 2 is 1.53 bits per heavy atom. The summed E-state index contributed by atoms with van der Waals surface area (Å²) >= 11 is 0. The van der Waals surface area contributed by atoms with Crippen molar-refractivity contribution < 1.29 is 19.0 Å². The summed E-state index contributed by atoms with van der Waals surface area (Å²) in [5.41, 5.74) is 0. The van der Waals surface area contributed by atoms with Gasteiger partial charge in [-0.05, 0) is 12.8 Å². The van der Waals surface area contributed by atoms with Crippen LogP contribution in [0.2, 0.25) is 0 Å². The van der Waals surface area contributed by atoms with Crippen molar-refractivity contribution in [1.29, 1.82) is 0 Å². The molecule has 15 heavy (non-hydrogen) atoms. The van der Waals surface area contributed by atoms with Crippen molar-refractivity contribution in [2.45, 2.75) is 31.7 Å². The third kappa shape index (κ3) is 1.61. The Hall–Kier alpha value is -0.450. The Kier molecular flexibility index (Phi) is 2.30. The van der Waals surface area contributed by atoms with Gasteiger partial charge >= 0.3 is 0 Å². The number of carbonyl (C=O) groups is 1. The Morgan fingerprint density at radius 3 is 2.07 bits per heavy atom. The van der Waals surface area contributed by atoms with Gasteiger partial charge in [0, 0.05) is 24.7 Å². The number of carbonyl (C=O) groups excluding carboxylic acids is 1. The molecule has 4 fully saturated rings. The summed E-state index contributed by atoms with van der Waals surface area (Å²) in [5.74, 6) is 0.177. The first kappa shape index (κ1) is 9.75. The average molecular weight is 212 g/mol. The zero-order valence-corrected chi connectivity index (χ0v) is 8.74. The number of ether oxygens (including phenoxy) is 3. The lowest BCUT2D eigenvalue weighted by molar-refractivity contribution is -0.469. The molecular formula is C11H16O4. The Balaban J connectivity index is 1.72. The van der Waals surface area contributed by atoms with Gasteiger partial charge in [0.05, 0.1) is 19.8 Å². The molecule has 0 unspecified atom stereocenters. The van der Waals surface area contributed by atoms with E-state index < -0.39 is 5.97 Å². The van der Waals surface area contributed by atoms with Gasteiger partial charge in [-0.1, -0.05) is 0 Å². The van der Waals surface area contributed by atoms with Crippen molar-refractivity contribution >= 4 is 5.78 Å². The van der Waals surface area contributed by atoms with Crippen molar-refractivity contribution in [2.24, 2.45) is 11.8 Å². The molecule has 4 aliphatic rings. The number of hydrogen-bond donors (Lipinski definition) is 0. The first-order valence-electron chi connectivity index (χ1n) is 5.72. The second-order valence-electron chi connectivity index (χ2n) is 4.72. The summed E-state index contributed by atoms with van der Waals surface area (Å²) < 4.78 is 17.1. The third-order valence-corrected chi connectivity index (χ3v) is 3.60. The van der Waals surface area contributed by atoms with Crippen LogP contribution in [0.3, 0.4) is 0 Å². The first-order valence-corrected chi connectivity index (χ1v) is 5.72. The molecule has 0 amide bonds. The number of fused-ring (bicyclic) bond motifs is 3. The predicted octanol–water partition coefficient (Wildman–Crippen LogP) is 1.09. The van der Waals surface area contributed by atoms with Crippen LogP contribution in [0.25, 0.3) is 0 Å². The molecular weight excluding hydrogens is 196 g/mol. The second kappa shape index (κ2) is 3.54. The van der Waals surface area contributed by atoms with E-state index in [-0.39, 0.29) is 5.92 Å². The maximum atomic E-state index is 11.2. The van der Waals surface area contributed by atoms with E-state index in [0.717, 1.165) is 32.7 Å². The summed E-state index contributed by atoms with van der Waals surface area (Å²) in [6.07, 6.45) is 2.96. The van der Waals surface area contributed by atoms with Gasteiger partial charge in [0.1, 0.15) is 5.78 Å². The highest BCUT2D eigenvalue weighted by Gasteiger charge is 2.51. The Bertz CT molecular complexity index is 244. The van der Waals surface area contributed by atoms with Crippen LogP contribution in [0, 0.1) is 11.8 Å². The molecule has 3 saturated heterocycles. The molecule has 3 aliphatic heterocycles. The fourth-order valence-electron chi connectivity index (χ4n) is 2.62. The molecule has 0 N–H and O–H groups in total. The maximum absolute atomic E-state index is 11.2. The highest BCUT2D eigenvalue weighted by Crippen LogP contribution is 2.41. The second-order valence-corrected chi connectivity index (χ2v) is 4.72. The average Bonchev–Trinajstić information content (AvgIpc) is 2.32. The SMILES string of the molecule is O=C1CCC(C23OCC(CO2)CO3)CC1. The van der Waals surface area contributed by atoms with Crippen molar-refractivity contribution in [1.82, 2.24) is 0 Å². The van der Waals surface area contributed by atoms with Crippen LogP contribution in [0.5, 0.6) is 0 Å². The van der Waals surface area contributed by atoms with Gasteiger partial charge < -0.3 is 14.2 Å². The van der Waals surface area contributed by atoms with Gasteiger partial charge in [-0.3, -0.25) is 4.79 Å². The summed E-state index contributed by atoms with van der Waals surface area (Å²) in [6, 6.07) is 0. The quantitative estimate of drug-likeness (QED) is 0.652. The smallest absolute Gasteiger partial charge is 0.285 e. The summed E-state index contributed by atoms with van der Waals surface area (Å²) in [4.78, 5) is 11.2. The molecule has 0 aromatic heterocycles. The maximum Gasteiger partial charge on any atom is 0.285 e. The molecule has 4 heteroatoms. The minimum absolute atomic E-state index is 0.233. The highest BCUT2D eigenvalue weighted by atomic mass is 16.9. The van der Waals surface area contributed by atoms with E-state index in [9.17, 15) is 4.79 Å². The van der Waals surface area contributed by atoms with Gasteiger partial charge in [-0.15, -0.1) is 0 Å². The molecule has 2 bridgehead atoms. The lowest BCUT2D eigenvalue weighted by Gasteiger charge is -2.49. The van der Waals surface area contributed by atoms with Crippen LogP contribution in [-0.2, 0) is 19.0 Å². The zero-order chi connectivity index (χ0) is 10.3. The molecule has 0 spiro atoms. The van der Waals surface area contributed by atoms with E-state index in [2.05, 4.69) is 0 Å². The minimum atomic E-state index is -0.810. The molecule has 84 valence electrons. The molecule has 3 heterocycles. The van der Waals surface area contributed by atoms with Gasteiger partial charge in [0.25, 0.3) is 5.97 Å². The summed E-state index contributed by atoms with van der Waals surface area (Å²) in [6.45, 7) is 2.22. The van der Waals surface area contributed by atoms with Gasteiger partial charge in [0.15, 0.2) is 0 Å². The van der Waals surface area contributed by atoms with Crippen LogP contribution < -0.4 is 0 Å². The highest BCUT2D eigenvalue weighted by molar-refractivity contribution is 5.79. The van der Waals surface area contributed by atoms with E-state index in [0.29, 0.717) is 24.5 Å². The van der Waals surface area contributed by atoms with Gasteiger partial charge in [-0.25, -0.2) is 0 Å². The predicted molar refractivity (Wildman–Crippen MR) is 51.0 cm³/mol. The third-order valence-electron chi connectivity index (χ3n) is 3.60. The van der Waals surface area contributed by atoms with E-state index >= 15 is 0 Å². The zero-order valence-electron chi connectivity index (χ0n) is 8.74. The Labute approximate surface area is 88.9 Å². The van der Waals surface area contributed by atoms with Crippen LogP contribution >= 0.6 is 0 Å². The van der Waals surface area contributed by atoms with Crippen molar-refractivity contribution in [2.75, 3.05) is 19.8 Å². The molecule has 1 aliphatic carbocycles. The van der Waals surface area contributed by atoms with Crippen LogP contribution in [-0.4, -0.2) is 31.6 Å². The molecule has 0 radical (unpaired) electrons. The van der Waals surface area contributed by atoms with Crippen LogP contribution in [0.1, 0.15) is 25.7 Å². The first-order chi connectivity index (χ1) is 7.28. The number of rotatable bonds is 1. The molecule has 4 rings (SSSR count). The Morgan fingerprint density at radius 1 is 1.00 bits per heavy atom. The standard InChI is InChI=1S/C11H16O4/c12-10-3-1-9(2-4-10)11-13-5-8(6-14-11)7-15-11/h8-9H,1-7H2. The van der Waals surface area contributed by atoms with E-state index in [1.807, 2.05) is 0 Å². The van der Waals surface area contributed by atoms with Crippen LogP contribution in [0.4, 0.5) is 0 Å². The van der Waals surface area contributed by atoms with E-state index in [1.165, 1.54) is 0 Å². The van der Waals surface area contributed by atoms with E-state index in [1.54, 1.807) is 0 Å². The van der Waals surface area contributed by atoms with E-state index in [4.69, 9.17) is 14.2 Å². The molecule has 0 aromatic carbocycles. The molecule has 1 saturated carbocycles. The largest absolute Gasteiger partial charge is 0.327 e. The number of hydrogen-bond acceptors (Lipinski definition) is 4. The molecule has 0 atom stereocenters. The lowest BCUT2D eigenvalue weighted by atomic mass is 9.85. The van der Waals surface area contributed by atoms with Gasteiger partial charge in [0.2, 0.25) is 0 Å². The summed E-state index contributed by atoms with van der Waals surface area (Å²) in [5, 5.41) is 0. The van der Waals surface area contributed by atoms with Crippen molar-refractivity contribution in [3.63, 3.8) is 0 Å². The van der Waals surface area contributed by atoms with Crippen molar-refractivity contribution in [3.8, 4) is 0 Å². The molecule has 0 aromatic rings. The molecule has 4 nitrogen and oxygen atoms in total. The number of Topliss-reactive ketones (excluding diaryl/α,β-unsaturated/α-hetero) is 1. The minimum Gasteiger partial charge on any atom is -0.327 e. The van der Waals surface area contributed by atoms with Crippen LogP contribution in [0.15, 0.2) is 0 Å². The van der Waals surface area contributed by atoms with Gasteiger partial charge in [-0.2, -0.15) is 0 Å². The fourth-order valence-corrected chi connectivity index (χ4v) is 2.62. The summed E-state index contributed by atoms with van der Waals surface area (Å²) in [7, 11) is 0.